The number of ether oxygens (including phenoxy) is 3. The van der Waals surface area contributed by atoms with Crippen molar-refractivity contribution >= 4 is 17.9 Å². The maximum atomic E-state index is 12.7. The molecule has 0 aromatic carbocycles. The van der Waals surface area contributed by atoms with Crippen LogP contribution < -0.4 is 0 Å². The minimum Gasteiger partial charge on any atom is -0.462 e. The minimum absolute atomic E-state index is 0.136. The number of hydrogen-bond acceptors (Lipinski definition) is 6. The van der Waals surface area contributed by atoms with Gasteiger partial charge in [-0.2, -0.15) is 0 Å². The van der Waals surface area contributed by atoms with Crippen molar-refractivity contribution < 1.29 is 28.6 Å². The molecule has 6 heteroatoms. The first-order valence-corrected chi connectivity index (χ1v) is 22.9. The maximum absolute atomic E-state index is 12.7. The molecule has 0 spiro atoms. The second-order valence-corrected chi connectivity index (χ2v) is 14.5. The number of unbranched alkanes of at least 4 members (excludes halogenated alkanes) is 10. The number of hydrogen-bond donors (Lipinski definition) is 0. The highest BCUT2D eigenvalue weighted by molar-refractivity contribution is 5.71. The van der Waals surface area contributed by atoms with Gasteiger partial charge in [0, 0.05) is 19.3 Å². The van der Waals surface area contributed by atoms with Crippen molar-refractivity contribution in [3.63, 3.8) is 0 Å². The Kier molecular flexibility index (Phi) is 42.7. The molecule has 0 aromatic rings. The largest absolute Gasteiger partial charge is 0.462 e. The van der Waals surface area contributed by atoms with Crippen molar-refractivity contribution in [2.45, 2.75) is 187 Å². The van der Waals surface area contributed by atoms with Crippen LogP contribution in [0.3, 0.4) is 0 Å². The fourth-order valence-corrected chi connectivity index (χ4v) is 5.62. The van der Waals surface area contributed by atoms with Crippen molar-refractivity contribution in [2.75, 3.05) is 13.2 Å². The van der Waals surface area contributed by atoms with Crippen LogP contribution in [0.15, 0.2) is 109 Å². The van der Waals surface area contributed by atoms with E-state index in [0.29, 0.717) is 12.8 Å². The average Bonchev–Trinajstić information content (AvgIpc) is 3.22. The van der Waals surface area contributed by atoms with Crippen LogP contribution in [-0.4, -0.2) is 37.2 Å². The summed E-state index contributed by atoms with van der Waals surface area (Å²) in [6.07, 6.45) is 60.9. The summed E-state index contributed by atoms with van der Waals surface area (Å²) in [7, 11) is 0. The first-order valence-electron chi connectivity index (χ1n) is 22.9. The number of esters is 3. The molecule has 0 aliphatic rings. The zero-order chi connectivity index (χ0) is 42.3. The Bertz CT molecular complexity index is 1240. The zero-order valence-corrected chi connectivity index (χ0v) is 37.0. The van der Waals surface area contributed by atoms with E-state index < -0.39 is 6.10 Å². The molecule has 6 nitrogen and oxygen atoms in total. The van der Waals surface area contributed by atoms with E-state index in [-0.39, 0.29) is 50.4 Å². The van der Waals surface area contributed by atoms with Gasteiger partial charge in [0.25, 0.3) is 0 Å². The molecule has 0 fully saturated rings. The summed E-state index contributed by atoms with van der Waals surface area (Å²) < 4.78 is 16.6. The van der Waals surface area contributed by atoms with Gasteiger partial charge in [0.1, 0.15) is 13.2 Å². The Morgan fingerprint density at radius 1 is 0.362 bits per heavy atom. The van der Waals surface area contributed by atoms with Crippen molar-refractivity contribution in [1.82, 2.24) is 0 Å². The van der Waals surface area contributed by atoms with Gasteiger partial charge in [-0.3, -0.25) is 14.4 Å². The third-order valence-corrected chi connectivity index (χ3v) is 9.01. The molecule has 0 N–H and O–H groups in total. The molecule has 0 bridgehead atoms. The molecule has 0 heterocycles. The van der Waals surface area contributed by atoms with E-state index in [0.717, 1.165) is 89.9 Å². The van der Waals surface area contributed by atoms with Gasteiger partial charge in [0.2, 0.25) is 0 Å². The van der Waals surface area contributed by atoms with E-state index in [2.05, 4.69) is 118 Å². The molecule has 0 aromatic heterocycles. The van der Waals surface area contributed by atoms with Crippen LogP contribution in [0, 0.1) is 0 Å². The van der Waals surface area contributed by atoms with E-state index in [4.69, 9.17) is 14.2 Å². The number of carbonyl (C=O) groups excluding carboxylic acids is 3. The predicted octanol–water partition coefficient (Wildman–Crippen LogP) is 14.8. The molecule has 0 aliphatic carbocycles. The Labute approximate surface area is 355 Å². The van der Waals surface area contributed by atoms with Crippen LogP contribution in [0.5, 0.6) is 0 Å². The molecule has 0 aliphatic heterocycles. The van der Waals surface area contributed by atoms with E-state index in [1.165, 1.54) is 38.5 Å². The van der Waals surface area contributed by atoms with Crippen molar-refractivity contribution in [3.05, 3.63) is 109 Å². The topological polar surface area (TPSA) is 78.9 Å². The lowest BCUT2D eigenvalue weighted by Gasteiger charge is -2.18. The second kappa shape index (κ2) is 45.8. The molecule has 58 heavy (non-hydrogen) atoms. The Morgan fingerprint density at radius 3 is 1.22 bits per heavy atom. The van der Waals surface area contributed by atoms with Crippen LogP contribution in [0.2, 0.25) is 0 Å². The molecule has 0 rings (SSSR count). The highest BCUT2D eigenvalue weighted by atomic mass is 16.6. The standard InChI is InChI=1S/C52H82O6/c1-4-7-10-13-16-19-22-24-25-26-28-30-33-36-39-42-45-51(54)57-48-49(47-56-50(53)44-41-38-35-32-29-21-18-15-12-9-6-3)58-52(55)46-43-40-37-34-31-27-23-20-17-14-11-8-5-2/h7,9-10,12,16,18-19,21,24-25,27-28,30-32,35-36,39,49H,4-6,8,11,13-15,17,20,22-23,26,29,33-34,37-38,40-48H2,1-3H3/b10-7-,12-9-,19-16-,21-18-,25-24-,30-28-,31-27-,35-32-,39-36-. The van der Waals surface area contributed by atoms with Crippen LogP contribution in [0.25, 0.3) is 0 Å². The smallest absolute Gasteiger partial charge is 0.306 e. The molecule has 0 radical (unpaired) electrons. The molecule has 0 saturated carbocycles. The fraction of sp³-hybridized carbons (Fsp3) is 0.596. The van der Waals surface area contributed by atoms with Gasteiger partial charge >= 0.3 is 17.9 Å². The lowest BCUT2D eigenvalue weighted by molar-refractivity contribution is -0.166. The molecular formula is C52H82O6. The second-order valence-electron chi connectivity index (χ2n) is 14.5. The normalized spacial score (nSPS) is 13.1. The summed E-state index contributed by atoms with van der Waals surface area (Å²) in [5, 5.41) is 0. The quantitative estimate of drug-likeness (QED) is 0.0267. The van der Waals surface area contributed by atoms with Gasteiger partial charge in [-0.05, 0) is 103 Å². The van der Waals surface area contributed by atoms with Gasteiger partial charge in [0.15, 0.2) is 6.10 Å². The van der Waals surface area contributed by atoms with Crippen LogP contribution in [-0.2, 0) is 28.6 Å². The van der Waals surface area contributed by atoms with E-state index >= 15 is 0 Å². The lowest BCUT2D eigenvalue weighted by atomic mass is 10.1. The van der Waals surface area contributed by atoms with Gasteiger partial charge < -0.3 is 14.2 Å². The van der Waals surface area contributed by atoms with Gasteiger partial charge in [0.05, 0.1) is 0 Å². The van der Waals surface area contributed by atoms with Gasteiger partial charge in [-0.1, -0.05) is 169 Å². The molecule has 1 atom stereocenters. The summed E-state index contributed by atoms with van der Waals surface area (Å²) >= 11 is 0. The molecule has 0 amide bonds. The summed E-state index contributed by atoms with van der Waals surface area (Å²) in [6.45, 7) is 6.23. The van der Waals surface area contributed by atoms with Gasteiger partial charge in [-0.15, -0.1) is 0 Å². The SMILES string of the molecule is CC/C=C\C/C=C\C/C=C\C/C=C\C/C=C\CCC(=O)OCC(COC(=O)CCC/C=C\C/C=C\C/C=C\CC)OC(=O)CCCCC/C=C\CCCCCCCC. The molecular weight excluding hydrogens is 721 g/mol. The highest BCUT2D eigenvalue weighted by Gasteiger charge is 2.19. The van der Waals surface area contributed by atoms with E-state index in [1.807, 2.05) is 12.2 Å². The maximum Gasteiger partial charge on any atom is 0.306 e. The Hall–Kier alpha value is -3.93. The predicted molar refractivity (Wildman–Crippen MR) is 247 cm³/mol. The molecule has 0 saturated heterocycles. The molecule has 1 unspecified atom stereocenters. The zero-order valence-electron chi connectivity index (χ0n) is 37.0. The van der Waals surface area contributed by atoms with Crippen molar-refractivity contribution in [1.29, 1.82) is 0 Å². The average molecular weight is 803 g/mol. The summed E-state index contributed by atoms with van der Waals surface area (Å²) in [5.41, 5.74) is 0. The Balaban J connectivity index is 4.59. The number of carbonyl (C=O) groups is 3. The summed E-state index contributed by atoms with van der Waals surface area (Å²) in [4.78, 5) is 37.7. The van der Waals surface area contributed by atoms with Crippen LogP contribution in [0.4, 0.5) is 0 Å². The van der Waals surface area contributed by atoms with Crippen molar-refractivity contribution in [3.8, 4) is 0 Å². The third-order valence-electron chi connectivity index (χ3n) is 9.01. The highest BCUT2D eigenvalue weighted by Crippen LogP contribution is 2.11. The lowest BCUT2D eigenvalue weighted by Crippen LogP contribution is -2.30. The number of rotatable bonds is 39. The van der Waals surface area contributed by atoms with Crippen LogP contribution in [0.1, 0.15) is 181 Å². The van der Waals surface area contributed by atoms with Crippen LogP contribution >= 0.6 is 0 Å². The fourth-order valence-electron chi connectivity index (χ4n) is 5.62. The monoisotopic (exact) mass is 803 g/mol. The van der Waals surface area contributed by atoms with E-state index in [1.54, 1.807) is 0 Å². The van der Waals surface area contributed by atoms with Crippen molar-refractivity contribution in [2.24, 2.45) is 0 Å². The summed E-state index contributed by atoms with van der Waals surface area (Å²) in [6, 6.07) is 0. The minimum atomic E-state index is -0.835. The number of allylic oxidation sites excluding steroid dienone is 18. The molecule has 326 valence electrons. The first kappa shape index (κ1) is 54.1. The summed E-state index contributed by atoms with van der Waals surface area (Å²) in [5.74, 6) is -1.10. The third kappa shape index (κ3) is 43.2. The Morgan fingerprint density at radius 2 is 0.724 bits per heavy atom. The van der Waals surface area contributed by atoms with Gasteiger partial charge in [-0.25, -0.2) is 0 Å². The first-order chi connectivity index (χ1) is 28.5. The van der Waals surface area contributed by atoms with E-state index in [9.17, 15) is 14.4 Å².